The van der Waals surface area contributed by atoms with Crippen LogP contribution in [0.25, 0.3) is 0 Å². The number of halogens is 1. The van der Waals surface area contributed by atoms with Crippen LogP contribution >= 0.6 is 15.9 Å². The first-order chi connectivity index (χ1) is 8.99. The zero-order valence-electron chi connectivity index (χ0n) is 10.7. The van der Waals surface area contributed by atoms with Gasteiger partial charge in [-0.3, -0.25) is 14.9 Å². The number of nitro groups is 1. The summed E-state index contributed by atoms with van der Waals surface area (Å²) in [6, 6.07) is 4.21. The second kappa shape index (κ2) is 7.20. The number of aryl methyl sites for hydroxylation is 1. The Morgan fingerprint density at radius 1 is 1.58 bits per heavy atom. The summed E-state index contributed by atoms with van der Waals surface area (Å²) in [6.45, 7) is 2.11. The summed E-state index contributed by atoms with van der Waals surface area (Å²) >= 11 is 3.25. The lowest BCUT2D eigenvalue weighted by Crippen LogP contribution is -2.39. The normalized spacial score (nSPS) is 11.9. The van der Waals surface area contributed by atoms with Gasteiger partial charge in [-0.1, -0.05) is 22.0 Å². The van der Waals surface area contributed by atoms with Crippen LogP contribution in [0.5, 0.6) is 0 Å². The molecule has 0 spiro atoms. The number of nitrogens with one attached hydrogen (secondary N) is 1. The van der Waals surface area contributed by atoms with Crippen molar-refractivity contribution >= 4 is 27.5 Å². The number of alkyl halides is 1. The van der Waals surface area contributed by atoms with E-state index < -0.39 is 10.8 Å². The molecule has 0 heterocycles. The fourth-order valence-electron chi connectivity index (χ4n) is 1.58. The molecule has 104 valence electrons. The van der Waals surface area contributed by atoms with Crippen molar-refractivity contribution < 1.29 is 14.5 Å². The first kappa shape index (κ1) is 15.6. The molecule has 1 N–H and O–H groups in total. The predicted molar refractivity (Wildman–Crippen MR) is 74.8 cm³/mol. The highest BCUT2D eigenvalue weighted by Crippen LogP contribution is 2.19. The van der Waals surface area contributed by atoms with Gasteiger partial charge in [0.25, 0.3) is 11.6 Å². The molecular weight excluding hydrogens is 316 g/mol. The lowest BCUT2D eigenvalue weighted by molar-refractivity contribution is -0.385. The number of hydrogen-bond acceptors (Lipinski definition) is 4. The van der Waals surface area contributed by atoms with Gasteiger partial charge in [-0.05, 0) is 18.6 Å². The van der Waals surface area contributed by atoms with Crippen molar-refractivity contribution in [1.82, 2.24) is 5.32 Å². The number of carbonyl (C=O) groups excluding carboxylic acids is 1. The van der Waals surface area contributed by atoms with Crippen molar-refractivity contribution in [3.8, 4) is 0 Å². The Balaban J connectivity index is 2.98. The average Bonchev–Trinajstić information content (AvgIpc) is 2.37. The van der Waals surface area contributed by atoms with Crippen LogP contribution in [-0.2, 0) is 4.74 Å². The molecule has 0 saturated heterocycles. The number of hydrogen-bond donors (Lipinski definition) is 1. The van der Waals surface area contributed by atoms with Crippen LogP contribution in [0.1, 0.15) is 15.9 Å². The van der Waals surface area contributed by atoms with Crippen molar-refractivity contribution in [3.05, 3.63) is 39.4 Å². The number of methoxy groups -OCH3 is 1. The molecule has 1 amide bonds. The van der Waals surface area contributed by atoms with E-state index in [-0.39, 0.29) is 17.3 Å². The SMILES string of the molecule is COCC(CBr)NC(=O)c1cc(C)ccc1[N+](=O)[O-]. The second-order valence-corrected chi connectivity index (χ2v) is 4.71. The van der Waals surface area contributed by atoms with Gasteiger partial charge in [0, 0.05) is 18.5 Å². The Bertz CT molecular complexity index is 479. The van der Waals surface area contributed by atoms with E-state index in [1.165, 1.54) is 19.2 Å². The van der Waals surface area contributed by atoms with Gasteiger partial charge in [-0.15, -0.1) is 0 Å². The summed E-state index contributed by atoms with van der Waals surface area (Å²) in [6.07, 6.45) is 0. The molecule has 0 saturated carbocycles. The van der Waals surface area contributed by atoms with Gasteiger partial charge in [0.1, 0.15) is 5.56 Å². The predicted octanol–water partition coefficient (Wildman–Crippen LogP) is 2.04. The summed E-state index contributed by atoms with van der Waals surface area (Å²) in [4.78, 5) is 22.4. The maximum Gasteiger partial charge on any atom is 0.282 e. The quantitative estimate of drug-likeness (QED) is 0.491. The van der Waals surface area contributed by atoms with Gasteiger partial charge >= 0.3 is 0 Å². The Morgan fingerprint density at radius 3 is 2.79 bits per heavy atom. The van der Waals surface area contributed by atoms with E-state index in [0.29, 0.717) is 11.9 Å². The number of rotatable bonds is 6. The molecular formula is C12H15BrN2O4. The summed E-state index contributed by atoms with van der Waals surface area (Å²) in [5, 5.41) is 14.1. The van der Waals surface area contributed by atoms with Crippen molar-refractivity contribution in [2.75, 3.05) is 19.0 Å². The number of benzene rings is 1. The Kier molecular flexibility index (Phi) is 5.91. The lowest BCUT2D eigenvalue weighted by Gasteiger charge is -2.15. The van der Waals surface area contributed by atoms with E-state index in [0.717, 1.165) is 5.56 Å². The van der Waals surface area contributed by atoms with E-state index in [9.17, 15) is 14.9 Å². The molecule has 0 fully saturated rings. The van der Waals surface area contributed by atoms with Gasteiger partial charge in [-0.2, -0.15) is 0 Å². The second-order valence-electron chi connectivity index (χ2n) is 4.06. The first-order valence-electron chi connectivity index (χ1n) is 5.60. The highest BCUT2D eigenvalue weighted by atomic mass is 79.9. The zero-order chi connectivity index (χ0) is 14.4. The average molecular weight is 331 g/mol. The smallest absolute Gasteiger partial charge is 0.282 e. The van der Waals surface area contributed by atoms with Gasteiger partial charge in [0.05, 0.1) is 17.6 Å². The van der Waals surface area contributed by atoms with Crippen LogP contribution in [0, 0.1) is 17.0 Å². The van der Waals surface area contributed by atoms with E-state index in [2.05, 4.69) is 21.2 Å². The molecule has 1 aromatic rings. The maximum absolute atomic E-state index is 12.1. The van der Waals surface area contributed by atoms with Crippen molar-refractivity contribution in [2.24, 2.45) is 0 Å². The topological polar surface area (TPSA) is 81.5 Å². The van der Waals surface area contributed by atoms with E-state index in [1.54, 1.807) is 13.0 Å². The molecule has 7 heteroatoms. The minimum atomic E-state index is -0.562. The number of amides is 1. The first-order valence-corrected chi connectivity index (χ1v) is 6.72. The number of nitrogens with zero attached hydrogens (tertiary/aromatic N) is 1. The van der Waals surface area contributed by atoms with E-state index in [4.69, 9.17) is 4.74 Å². The highest BCUT2D eigenvalue weighted by Gasteiger charge is 2.22. The fraction of sp³-hybridized carbons (Fsp3) is 0.417. The van der Waals surface area contributed by atoms with Gasteiger partial charge in [0.15, 0.2) is 0 Å². The molecule has 6 nitrogen and oxygen atoms in total. The monoisotopic (exact) mass is 330 g/mol. The lowest BCUT2D eigenvalue weighted by atomic mass is 10.1. The molecule has 1 aromatic carbocycles. The minimum absolute atomic E-state index is 0.0621. The molecule has 19 heavy (non-hydrogen) atoms. The maximum atomic E-state index is 12.1. The number of nitro benzene ring substituents is 1. The Labute approximate surface area is 119 Å². The Morgan fingerprint density at radius 2 is 2.26 bits per heavy atom. The van der Waals surface area contributed by atoms with Crippen LogP contribution < -0.4 is 5.32 Å². The summed E-state index contributed by atoms with van der Waals surface area (Å²) in [7, 11) is 1.52. The minimum Gasteiger partial charge on any atom is -0.383 e. The molecule has 0 aromatic heterocycles. The summed E-state index contributed by atoms with van der Waals surface area (Å²) < 4.78 is 4.95. The fourth-order valence-corrected chi connectivity index (χ4v) is 1.93. The van der Waals surface area contributed by atoms with E-state index >= 15 is 0 Å². The van der Waals surface area contributed by atoms with Gasteiger partial charge in [0.2, 0.25) is 0 Å². The zero-order valence-corrected chi connectivity index (χ0v) is 12.3. The van der Waals surface area contributed by atoms with Gasteiger partial charge in [-0.25, -0.2) is 0 Å². The molecule has 0 aliphatic heterocycles. The molecule has 0 aliphatic rings. The highest BCUT2D eigenvalue weighted by molar-refractivity contribution is 9.09. The van der Waals surface area contributed by atoms with Crippen LogP contribution in [0.2, 0.25) is 0 Å². The van der Waals surface area contributed by atoms with Gasteiger partial charge < -0.3 is 10.1 Å². The number of ether oxygens (including phenoxy) is 1. The summed E-state index contributed by atoms with van der Waals surface area (Å²) in [5.74, 6) is -0.475. The van der Waals surface area contributed by atoms with Crippen molar-refractivity contribution in [2.45, 2.75) is 13.0 Å². The Hall–Kier alpha value is -1.47. The van der Waals surface area contributed by atoms with E-state index in [1.807, 2.05) is 0 Å². The molecule has 0 bridgehead atoms. The standard InChI is InChI=1S/C12H15BrN2O4/c1-8-3-4-11(15(17)18)10(5-8)12(16)14-9(6-13)7-19-2/h3-5,9H,6-7H2,1-2H3,(H,14,16). The van der Waals surface area contributed by atoms with Crippen molar-refractivity contribution in [3.63, 3.8) is 0 Å². The van der Waals surface area contributed by atoms with Crippen LogP contribution in [0.15, 0.2) is 18.2 Å². The third kappa shape index (κ3) is 4.29. The largest absolute Gasteiger partial charge is 0.383 e. The van der Waals surface area contributed by atoms with Crippen LogP contribution in [0.3, 0.4) is 0 Å². The number of carbonyl (C=O) groups is 1. The molecule has 1 atom stereocenters. The third-order valence-electron chi connectivity index (χ3n) is 2.48. The molecule has 1 rings (SSSR count). The molecule has 0 radical (unpaired) electrons. The molecule has 0 aliphatic carbocycles. The summed E-state index contributed by atoms with van der Waals surface area (Å²) in [5.41, 5.74) is 0.652. The van der Waals surface area contributed by atoms with Crippen LogP contribution in [-0.4, -0.2) is 35.9 Å². The van der Waals surface area contributed by atoms with Crippen molar-refractivity contribution in [1.29, 1.82) is 0 Å². The third-order valence-corrected chi connectivity index (χ3v) is 3.26. The molecule has 1 unspecified atom stereocenters. The van der Waals surface area contributed by atoms with Crippen LogP contribution in [0.4, 0.5) is 5.69 Å².